The van der Waals surface area contributed by atoms with Gasteiger partial charge in [0.25, 0.3) is 0 Å². The van der Waals surface area contributed by atoms with E-state index in [9.17, 15) is 0 Å². The molecule has 1 unspecified atom stereocenters. The number of thiophene rings is 1. The first-order valence-electron chi connectivity index (χ1n) is 8.44. The van der Waals surface area contributed by atoms with Gasteiger partial charge in [-0.25, -0.2) is 4.98 Å². The number of hydrogen-bond acceptors (Lipinski definition) is 4. The fourth-order valence-corrected chi connectivity index (χ4v) is 4.28. The summed E-state index contributed by atoms with van der Waals surface area (Å²) in [6.07, 6.45) is 1.94. The topological polar surface area (TPSA) is 49.3 Å². The summed E-state index contributed by atoms with van der Waals surface area (Å²) < 4.78 is 0. The third-order valence-corrected chi connectivity index (χ3v) is 5.86. The Hall–Kier alpha value is -1.40. The average molecular weight is 365 g/mol. The van der Waals surface area contributed by atoms with E-state index in [-0.39, 0.29) is 0 Å². The molecule has 0 aliphatic rings. The highest BCUT2D eigenvalue weighted by molar-refractivity contribution is 7.11. The predicted octanol–water partition coefficient (Wildman–Crippen LogP) is 3.98. The van der Waals surface area contributed by atoms with Gasteiger partial charge >= 0.3 is 0 Å². The largest absolute Gasteiger partial charge is 0.356 e. The van der Waals surface area contributed by atoms with Crippen molar-refractivity contribution in [2.45, 2.75) is 52.5 Å². The molecule has 0 spiro atoms. The Kier molecular flexibility index (Phi) is 7.24. The van der Waals surface area contributed by atoms with Crippen LogP contribution in [0.5, 0.6) is 0 Å². The third-order valence-electron chi connectivity index (χ3n) is 3.65. The Balaban J connectivity index is 1.75. The van der Waals surface area contributed by atoms with E-state index in [1.165, 1.54) is 14.8 Å². The molecule has 0 radical (unpaired) electrons. The summed E-state index contributed by atoms with van der Waals surface area (Å²) in [6.45, 7) is 9.55. The molecule has 0 amide bonds. The minimum atomic E-state index is 0.348. The van der Waals surface area contributed by atoms with Gasteiger partial charge in [-0.05, 0) is 26.0 Å². The minimum absolute atomic E-state index is 0.348. The van der Waals surface area contributed by atoms with Crippen molar-refractivity contribution in [2.24, 2.45) is 4.99 Å². The maximum Gasteiger partial charge on any atom is 0.191 e. The lowest BCUT2D eigenvalue weighted by molar-refractivity contribution is 0.644. The Morgan fingerprint density at radius 2 is 2.08 bits per heavy atom. The van der Waals surface area contributed by atoms with Crippen LogP contribution in [0.15, 0.2) is 22.5 Å². The highest BCUT2D eigenvalue weighted by atomic mass is 32.1. The highest BCUT2D eigenvalue weighted by Crippen LogP contribution is 2.19. The zero-order valence-electron chi connectivity index (χ0n) is 15.2. The first-order chi connectivity index (χ1) is 11.5. The summed E-state index contributed by atoms with van der Waals surface area (Å²) in [7, 11) is 1.82. The van der Waals surface area contributed by atoms with Crippen molar-refractivity contribution >= 4 is 28.6 Å². The van der Waals surface area contributed by atoms with Gasteiger partial charge in [-0.1, -0.05) is 13.8 Å². The maximum atomic E-state index is 4.67. The molecule has 2 aromatic heterocycles. The Bertz CT molecular complexity index is 658. The molecule has 0 fully saturated rings. The van der Waals surface area contributed by atoms with Crippen molar-refractivity contribution in [1.82, 2.24) is 15.6 Å². The van der Waals surface area contributed by atoms with Crippen LogP contribution in [0.25, 0.3) is 0 Å². The molecule has 2 N–H and O–H groups in total. The van der Waals surface area contributed by atoms with Crippen molar-refractivity contribution in [2.75, 3.05) is 13.6 Å². The van der Waals surface area contributed by atoms with Crippen molar-refractivity contribution in [3.63, 3.8) is 0 Å². The molecule has 0 saturated heterocycles. The van der Waals surface area contributed by atoms with Gasteiger partial charge in [-0.15, -0.1) is 22.7 Å². The molecule has 1 atom stereocenters. The number of thiazole rings is 1. The monoisotopic (exact) mass is 364 g/mol. The molecule has 24 heavy (non-hydrogen) atoms. The van der Waals surface area contributed by atoms with E-state index in [4.69, 9.17) is 0 Å². The number of aryl methyl sites for hydroxylation is 1. The predicted molar refractivity (Wildman–Crippen MR) is 107 cm³/mol. The third kappa shape index (κ3) is 5.91. The van der Waals surface area contributed by atoms with Crippen LogP contribution in [0.4, 0.5) is 0 Å². The molecular formula is C18H28N4S2. The Labute approximate surface area is 153 Å². The molecule has 2 heterocycles. The van der Waals surface area contributed by atoms with Crippen LogP contribution in [0.2, 0.25) is 0 Å². The van der Waals surface area contributed by atoms with E-state index in [2.05, 4.69) is 65.8 Å². The number of rotatable bonds is 7. The number of hydrogen-bond donors (Lipinski definition) is 2. The summed E-state index contributed by atoms with van der Waals surface area (Å²) in [4.78, 5) is 11.8. The fourth-order valence-electron chi connectivity index (χ4n) is 2.39. The van der Waals surface area contributed by atoms with E-state index >= 15 is 0 Å². The van der Waals surface area contributed by atoms with Gasteiger partial charge in [-0.2, -0.15) is 0 Å². The molecule has 2 rings (SSSR count). The number of guanidine groups is 1. The fraction of sp³-hybridized carbons (Fsp3) is 0.556. The van der Waals surface area contributed by atoms with Gasteiger partial charge < -0.3 is 10.6 Å². The number of aromatic nitrogens is 1. The van der Waals surface area contributed by atoms with Crippen LogP contribution in [-0.4, -0.2) is 30.6 Å². The molecule has 6 heteroatoms. The van der Waals surface area contributed by atoms with Crippen molar-refractivity contribution in [3.05, 3.63) is 38.0 Å². The van der Waals surface area contributed by atoms with Crippen LogP contribution < -0.4 is 10.6 Å². The Morgan fingerprint density at radius 1 is 1.29 bits per heavy atom. The summed E-state index contributed by atoms with van der Waals surface area (Å²) in [5.74, 6) is 1.36. The zero-order valence-corrected chi connectivity index (χ0v) is 16.9. The summed E-state index contributed by atoms with van der Waals surface area (Å²) in [5.41, 5.74) is 1.16. The second-order valence-corrected chi connectivity index (χ2v) is 8.60. The second-order valence-electron chi connectivity index (χ2n) is 6.34. The van der Waals surface area contributed by atoms with E-state index in [0.717, 1.165) is 31.0 Å². The average Bonchev–Trinajstić information content (AvgIpc) is 3.15. The lowest BCUT2D eigenvalue weighted by Crippen LogP contribution is -2.43. The molecule has 0 aromatic carbocycles. The van der Waals surface area contributed by atoms with Gasteiger partial charge in [0, 0.05) is 53.5 Å². The lowest BCUT2D eigenvalue weighted by Gasteiger charge is -2.17. The summed E-state index contributed by atoms with van der Waals surface area (Å²) in [6, 6.07) is 4.74. The quantitative estimate of drug-likeness (QED) is 0.577. The number of nitrogens with zero attached hydrogens (tertiary/aromatic N) is 2. The molecule has 2 aromatic rings. The van der Waals surface area contributed by atoms with Gasteiger partial charge in [0.1, 0.15) is 0 Å². The van der Waals surface area contributed by atoms with Crippen LogP contribution >= 0.6 is 22.7 Å². The standard InChI is InChI=1S/C18H28N4S2/c1-12(2)17-22-15(11-23-17)8-9-20-18(19-5)21-13(3)10-16-7-6-14(4)24-16/h6-7,11-13H,8-10H2,1-5H3,(H2,19,20,21). The van der Waals surface area contributed by atoms with Crippen LogP contribution in [0.3, 0.4) is 0 Å². The first kappa shape index (κ1) is 18.9. The summed E-state index contributed by atoms with van der Waals surface area (Å²) in [5, 5.41) is 10.2. The molecule has 0 aliphatic carbocycles. The van der Waals surface area contributed by atoms with E-state index in [1.807, 2.05) is 18.4 Å². The highest BCUT2D eigenvalue weighted by Gasteiger charge is 2.09. The van der Waals surface area contributed by atoms with Gasteiger partial charge in [0.05, 0.1) is 10.7 Å². The minimum Gasteiger partial charge on any atom is -0.356 e. The first-order valence-corrected chi connectivity index (χ1v) is 10.1. The second kappa shape index (κ2) is 9.18. The molecular weight excluding hydrogens is 336 g/mol. The molecule has 0 aliphatic heterocycles. The van der Waals surface area contributed by atoms with Gasteiger partial charge in [-0.3, -0.25) is 4.99 Å². The molecule has 132 valence electrons. The van der Waals surface area contributed by atoms with Crippen molar-refractivity contribution < 1.29 is 0 Å². The van der Waals surface area contributed by atoms with Crippen LogP contribution in [0, 0.1) is 6.92 Å². The van der Waals surface area contributed by atoms with Crippen molar-refractivity contribution in [1.29, 1.82) is 0 Å². The SMILES string of the molecule is CN=C(NCCc1csc(C(C)C)n1)NC(C)Cc1ccc(C)s1. The zero-order chi connectivity index (χ0) is 17.5. The van der Waals surface area contributed by atoms with Crippen LogP contribution in [-0.2, 0) is 12.8 Å². The van der Waals surface area contributed by atoms with E-state index < -0.39 is 0 Å². The maximum absolute atomic E-state index is 4.67. The molecule has 4 nitrogen and oxygen atoms in total. The van der Waals surface area contributed by atoms with Crippen molar-refractivity contribution in [3.8, 4) is 0 Å². The lowest BCUT2D eigenvalue weighted by atomic mass is 10.2. The van der Waals surface area contributed by atoms with Crippen LogP contribution in [0.1, 0.15) is 47.1 Å². The summed E-state index contributed by atoms with van der Waals surface area (Å²) >= 11 is 3.62. The van der Waals surface area contributed by atoms with E-state index in [0.29, 0.717) is 12.0 Å². The van der Waals surface area contributed by atoms with Gasteiger partial charge in [0.15, 0.2) is 5.96 Å². The number of nitrogens with one attached hydrogen (secondary N) is 2. The Morgan fingerprint density at radius 3 is 2.67 bits per heavy atom. The molecule has 0 bridgehead atoms. The van der Waals surface area contributed by atoms with Gasteiger partial charge in [0.2, 0.25) is 0 Å². The van der Waals surface area contributed by atoms with E-state index in [1.54, 1.807) is 11.3 Å². The molecule has 0 saturated carbocycles. The smallest absolute Gasteiger partial charge is 0.191 e. The normalized spacial score (nSPS) is 13.3. The number of aliphatic imine (C=N–C) groups is 1.